The smallest absolute Gasteiger partial charge is 0.338 e. The van der Waals surface area contributed by atoms with Gasteiger partial charge >= 0.3 is 11.9 Å². The average molecular weight is 294 g/mol. The Hall–Kier alpha value is -1.88. The van der Waals surface area contributed by atoms with Gasteiger partial charge in [-0.2, -0.15) is 0 Å². The van der Waals surface area contributed by atoms with Gasteiger partial charge in [-0.25, -0.2) is 4.79 Å². The Labute approximate surface area is 124 Å². The lowest BCUT2D eigenvalue weighted by Crippen LogP contribution is -2.31. The lowest BCUT2D eigenvalue weighted by atomic mass is 9.91. The molecule has 0 amide bonds. The zero-order chi connectivity index (χ0) is 15.9. The lowest BCUT2D eigenvalue weighted by Gasteiger charge is -2.21. The van der Waals surface area contributed by atoms with Gasteiger partial charge in [0.15, 0.2) is 0 Å². The van der Waals surface area contributed by atoms with E-state index in [1.807, 2.05) is 6.92 Å². The van der Waals surface area contributed by atoms with Gasteiger partial charge in [0.1, 0.15) is 19.3 Å². The van der Waals surface area contributed by atoms with E-state index in [0.29, 0.717) is 12.0 Å². The van der Waals surface area contributed by atoms with Crippen LogP contribution in [0.3, 0.4) is 0 Å². The van der Waals surface area contributed by atoms with Crippen LogP contribution < -0.4 is 0 Å². The Kier molecular flexibility index (Phi) is 6.37. The van der Waals surface area contributed by atoms with Gasteiger partial charge in [0.2, 0.25) is 0 Å². The molecule has 1 unspecified atom stereocenters. The van der Waals surface area contributed by atoms with Crippen LogP contribution in [0.1, 0.15) is 37.6 Å². The van der Waals surface area contributed by atoms with Gasteiger partial charge in [0.25, 0.3) is 0 Å². The van der Waals surface area contributed by atoms with Crippen LogP contribution in [0, 0.1) is 5.41 Å². The van der Waals surface area contributed by atoms with Crippen LogP contribution in [0.15, 0.2) is 30.3 Å². The van der Waals surface area contributed by atoms with Gasteiger partial charge in [-0.15, -0.1) is 0 Å². The van der Waals surface area contributed by atoms with E-state index in [2.05, 4.69) is 0 Å². The van der Waals surface area contributed by atoms with Crippen LogP contribution in [0.5, 0.6) is 0 Å². The Bertz CT molecular complexity index is 467. The number of hydrogen-bond acceptors (Lipinski definition) is 5. The molecule has 0 heterocycles. The summed E-state index contributed by atoms with van der Waals surface area (Å²) in [5, 5.41) is 9.68. The first-order chi connectivity index (χ1) is 9.86. The minimum atomic E-state index is -1.03. The molecule has 0 saturated heterocycles. The number of carbonyl (C=O) groups excluding carboxylic acids is 2. The molecule has 0 radical (unpaired) electrons. The van der Waals surface area contributed by atoms with Crippen molar-refractivity contribution in [3.8, 4) is 0 Å². The van der Waals surface area contributed by atoms with Crippen molar-refractivity contribution in [2.45, 2.75) is 33.3 Å². The highest BCUT2D eigenvalue weighted by Gasteiger charge is 2.27. The molecule has 0 aromatic heterocycles. The minimum Gasteiger partial charge on any atom is -0.462 e. The predicted octanol–water partition coefficient (Wildman–Crippen LogP) is 2.18. The monoisotopic (exact) mass is 294 g/mol. The van der Waals surface area contributed by atoms with Crippen molar-refractivity contribution < 1.29 is 24.2 Å². The maximum atomic E-state index is 11.7. The molecule has 0 aliphatic heterocycles. The molecule has 1 atom stereocenters. The fourth-order valence-electron chi connectivity index (χ4n) is 1.39. The highest BCUT2D eigenvalue weighted by molar-refractivity contribution is 5.89. The Morgan fingerprint density at radius 3 is 2.29 bits per heavy atom. The molecule has 1 aromatic rings. The molecule has 1 aromatic carbocycles. The Balaban J connectivity index is 2.33. The van der Waals surface area contributed by atoms with Crippen molar-refractivity contribution in [2.24, 2.45) is 5.41 Å². The van der Waals surface area contributed by atoms with Crippen LogP contribution in [0.2, 0.25) is 0 Å². The fraction of sp³-hybridized carbons (Fsp3) is 0.500. The summed E-state index contributed by atoms with van der Waals surface area (Å²) < 4.78 is 9.97. The van der Waals surface area contributed by atoms with Crippen molar-refractivity contribution >= 4 is 11.9 Å². The summed E-state index contributed by atoms with van der Waals surface area (Å²) in [4.78, 5) is 23.4. The van der Waals surface area contributed by atoms with Gasteiger partial charge in [0.05, 0.1) is 11.0 Å². The molecule has 0 aliphatic carbocycles. The first-order valence-corrected chi connectivity index (χ1v) is 6.94. The second kappa shape index (κ2) is 7.78. The van der Waals surface area contributed by atoms with Crippen LogP contribution in [0.4, 0.5) is 0 Å². The van der Waals surface area contributed by atoms with Crippen molar-refractivity contribution in [3.05, 3.63) is 35.9 Å². The van der Waals surface area contributed by atoms with E-state index in [4.69, 9.17) is 9.47 Å². The summed E-state index contributed by atoms with van der Waals surface area (Å²) in [5.41, 5.74) is -0.172. The largest absolute Gasteiger partial charge is 0.462 e. The van der Waals surface area contributed by atoms with Gasteiger partial charge in [0, 0.05) is 0 Å². The molecule has 0 bridgehead atoms. The SMILES string of the molecule is CCC(C)(C)C(=O)OCC(O)COC(=O)c1ccccc1. The molecule has 1 rings (SSSR count). The van der Waals surface area contributed by atoms with Gasteiger partial charge in [-0.1, -0.05) is 25.1 Å². The molecule has 21 heavy (non-hydrogen) atoms. The van der Waals surface area contributed by atoms with Crippen LogP contribution in [-0.2, 0) is 14.3 Å². The third-order valence-corrected chi connectivity index (χ3v) is 3.26. The van der Waals surface area contributed by atoms with E-state index in [0.717, 1.165) is 0 Å². The van der Waals surface area contributed by atoms with Crippen molar-refractivity contribution in [2.75, 3.05) is 13.2 Å². The summed E-state index contributed by atoms with van der Waals surface area (Å²) in [6, 6.07) is 8.49. The summed E-state index contributed by atoms with van der Waals surface area (Å²) in [6.07, 6.45) is -0.389. The van der Waals surface area contributed by atoms with Gasteiger partial charge < -0.3 is 14.6 Å². The molecule has 0 fully saturated rings. The first-order valence-electron chi connectivity index (χ1n) is 6.94. The number of carbonyl (C=O) groups is 2. The van der Waals surface area contributed by atoms with Crippen LogP contribution in [-0.4, -0.2) is 36.4 Å². The van der Waals surface area contributed by atoms with E-state index in [1.54, 1.807) is 44.2 Å². The number of aliphatic hydroxyl groups excluding tert-OH is 1. The van der Waals surface area contributed by atoms with E-state index in [-0.39, 0.29) is 19.2 Å². The van der Waals surface area contributed by atoms with Crippen LogP contribution in [0.25, 0.3) is 0 Å². The second-order valence-corrected chi connectivity index (χ2v) is 5.45. The van der Waals surface area contributed by atoms with E-state index in [9.17, 15) is 14.7 Å². The number of esters is 2. The Morgan fingerprint density at radius 2 is 1.71 bits per heavy atom. The molecule has 5 nitrogen and oxygen atoms in total. The van der Waals surface area contributed by atoms with E-state index in [1.165, 1.54) is 0 Å². The van der Waals surface area contributed by atoms with Gasteiger partial charge in [-0.3, -0.25) is 4.79 Å². The molecular formula is C16H22O5. The highest BCUT2D eigenvalue weighted by atomic mass is 16.6. The second-order valence-electron chi connectivity index (χ2n) is 5.45. The van der Waals surface area contributed by atoms with Crippen molar-refractivity contribution in [3.63, 3.8) is 0 Å². The number of benzene rings is 1. The van der Waals surface area contributed by atoms with Crippen molar-refractivity contribution in [1.29, 1.82) is 0 Å². The first kappa shape index (κ1) is 17.2. The standard InChI is InChI=1S/C16H22O5/c1-4-16(2,3)15(19)21-11-13(17)10-20-14(18)12-8-6-5-7-9-12/h5-9,13,17H,4,10-11H2,1-3H3. The topological polar surface area (TPSA) is 72.8 Å². The number of ether oxygens (including phenoxy) is 2. The zero-order valence-electron chi connectivity index (χ0n) is 12.7. The van der Waals surface area contributed by atoms with Crippen molar-refractivity contribution in [1.82, 2.24) is 0 Å². The third kappa shape index (κ3) is 5.55. The highest BCUT2D eigenvalue weighted by Crippen LogP contribution is 2.21. The molecular weight excluding hydrogens is 272 g/mol. The van der Waals surface area contributed by atoms with E-state index < -0.39 is 17.5 Å². The molecule has 0 saturated carbocycles. The lowest BCUT2D eigenvalue weighted by molar-refractivity contribution is -0.157. The number of hydrogen-bond donors (Lipinski definition) is 1. The maximum Gasteiger partial charge on any atom is 0.338 e. The van der Waals surface area contributed by atoms with Gasteiger partial charge in [-0.05, 0) is 32.4 Å². The minimum absolute atomic E-state index is 0.190. The van der Waals surface area contributed by atoms with E-state index >= 15 is 0 Å². The summed E-state index contributed by atoms with van der Waals surface area (Å²) in [6.45, 7) is 5.03. The zero-order valence-corrected chi connectivity index (χ0v) is 12.7. The normalized spacial score (nSPS) is 12.6. The molecule has 0 spiro atoms. The summed E-state index contributed by atoms with van der Waals surface area (Å²) in [7, 11) is 0. The molecule has 1 N–H and O–H groups in total. The predicted molar refractivity (Wildman–Crippen MR) is 77.8 cm³/mol. The summed E-state index contributed by atoms with van der Waals surface area (Å²) in [5.74, 6) is -0.895. The quantitative estimate of drug-likeness (QED) is 0.780. The fourth-order valence-corrected chi connectivity index (χ4v) is 1.39. The molecule has 5 heteroatoms. The maximum absolute atomic E-state index is 11.7. The third-order valence-electron chi connectivity index (χ3n) is 3.26. The molecule has 116 valence electrons. The number of aliphatic hydroxyl groups is 1. The van der Waals surface area contributed by atoms with Crippen LogP contribution >= 0.6 is 0 Å². The molecule has 0 aliphatic rings. The average Bonchev–Trinajstić information content (AvgIpc) is 2.50. The summed E-state index contributed by atoms with van der Waals surface area (Å²) >= 11 is 0. The Morgan fingerprint density at radius 1 is 1.14 bits per heavy atom. The number of rotatable bonds is 7.